The molecule has 30 heavy (non-hydrogen) atoms. The normalized spacial score (nSPS) is 11.1. The van der Waals surface area contributed by atoms with Crippen LogP contribution in [0.5, 0.6) is 11.5 Å². The van der Waals surface area contributed by atoms with Gasteiger partial charge in [-0.05, 0) is 33.7 Å². The van der Waals surface area contributed by atoms with Gasteiger partial charge in [0.1, 0.15) is 24.7 Å². The largest absolute Gasteiger partial charge is 0.492 e. The molecule has 154 valence electrons. The Bertz CT molecular complexity index is 1140. The van der Waals surface area contributed by atoms with Crippen LogP contribution in [0.3, 0.4) is 0 Å². The van der Waals surface area contributed by atoms with E-state index < -0.39 is 0 Å². The zero-order chi connectivity index (χ0) is 20.8. The van der Waals surface area contributed by atoms with E-state index in [1.807, 2.05) is 6.07 Å². The Morgan fingerprint density at radius 1 is 0.633 bits per heavy atom. The Morgan fingerprint density at radius 3 is 1.70 bits per heavy atom. The molecule has 0 heterocycles. The number of rotatable bonds is 9. The Labute approximate surface area is 177 Å². The molecule has 0 unspecified atom stereocenters. The molecule has 0 aliphatic carbocycles. The van der Waals surface area contributed by atoms with Crippen LogP contribution in [0.25, 0.3) is 21.5 Å². The fourth-order valence-corrected chi connectivity index (χ4v) is 3.85. The van der Waals surface area contributed by atoms with Crippen molar-refractivity contribution in [2.45, 2.75) is 6.42 Å². The first-order valence-corrected chi connectivity index (χ1v) is 10.3. The lowest BCUT2D eigenvalue weighted by Crippen LogP contribution is -2.12. The second kappa shape index (κ2) is 9.61. The lowest BCUT2D eigenvalue weighted by molar-refractivity contribution is 0.146. The fourth-order valence-electron chi connectivity index (χ4n) is 3.85. The molecular formula is C26H27NO3. The number of methoxy groups -OCH3 is 1. The summed E-state index contributed by atoms with van der Waals surface area (Å²) in [6.45, 7) is 2.02. The van der Waals surface area contributed by atoms with Crippen LogP contribution >= 0.6 is 0 Å². The van der Waals surface area contributed by atoms with Gasteiger partial charge in [-0.2, -0.15) is 0 Å². The predicted octanol–water partition coefficient (Wildman–Crippen LogP) is 4.95. The van der Waals surface area contributed by atoms with Crippen LogP contribution in [0, 0.1) is 0 Å². The molecule has 0 amide bonds. The average Bonchev–Trinajstić information content (AvgIpc) is 2.79. The van der Waals surface area contributed by atoms with Gasteiger partial charge >= 0.3 is 0 Å². The zero-order valence-electron chi connectivity index (χ0n) is 17.3. The molecule has 0 radical (unpaired) electrons. The quantitative estimate of drug-likeness (QED) is 0.403. The van der Waals surface area contributed by atoms with Crippen molar-refractivity contribution in [3.05, 3.63) is 83.9 Å². The number of fused-ring (bicyclic) bond motifs is 2. The topological polar surface area (TPSA) is 53.7 Å². The van der Waals surface area contributed by atoms with Gasteiger partial charge in [-0.15, -0.1) is 0 Å². The van der Waals surface area contributed by atoms with Crippen LogP contribution in [0.15, 0.2) is 72.8 Å². The third-order valence-corrected chi connectivity index (χ3v) is 5.27. The number of benzene rings is 4. The number of nitrogens with two attached hydrogens (primary N) is 1. The molecule has 0 fully saturated rings. The molecule has 0 spiro atoms. The van der Waals surface area contributed by atoms with Crippen molar-refractivity contribution < 1.29 is 14.2 Å². The van der Waals surface area contributed by atoms with E-state index in [9.17, 15) is 0 Å². The molecule has 4 rings (SSSR count). The lowest BCUT2D eigenvalue weighted by Gasteiger charge is -2.18. The van der Waals surface area contributed by atoms with Gasteiger partial charge in [0.15, 0.2) is 0 Å². The molecule has 2 N–H and O–H groups in total. The van der Waals surface area contributed by atoms with Crippen LogP contribution < -0.4 is 15.2 Å². The first-order chi connectivity index (χ1) is 14.8. The van der Waals surface area contributed by atoms with Crippen LogP contribution in [0.1, 0.15) is 11.1 Å². The molecule has 0 saturated carbocycles. The molecule has 0 aliphatic heterocycles. The highest BCUT2D eigenvalue weighted by Crippen LogP contribution is 2.36. The van der Waals surface area contributed by atoms with E-state index >= 15 is 0 Å². The molecule has 4 heteroatoms. The van der Waals surface area contributed by atoms with Gasteiger partial charge in [0.2, 0.25) is 0 Å². The highest BCUT2D eigenvalue weighted by Gasteiger charge is 2.15. The minimum atomic E-state index is 0.478. The molecule has 4 nitrogen and oxygen atoms in total. The standard InChI is InChI=1S/C26H27NO3/c1-28-16-17-30-26-13-11-20-7-3-5-9-22(20)24(26)18-23-21-8-4-2-6-19(21)10-12-25(23)29-15-14-27/h2-13H,14-18,27H2,1H3. The van der Waals surface area contributed by atoms with Gasteiger partial charge < -0.3 is 19.9 Å². The van der Waals surface area contributed by atoms with Gasteiger partial charge in [0, 0.05) is 31.2 Å². The summed E-state index contributed by atoms with van der Waals surface area (Å²) < 4.78 is 17.3. The van der Waals surface area contributed by atoms with Crippen LogP contribution in [0.4, 0.5) is 0 Å². The zero-order valence-corrected chi connectivity index (χ0v) is 17.3. The smallest absolute Gasteiger partial charge is 0.123 e. The van der Waals surface area contributed by atoms with E-state index in [2.05, 4.69) is 66.7 Å². The van der Waals surface area contributed by atoms with E-state index in [1.54, 1.807) is 7.11 Å². The van der Waals surface area contributed by atoms with Crippen LogP contribution in [-0.2, 0) is 11.2 Å². The maximum atomic E-state index is 6.11. The van der Waals surface area contributed by atoms with Gasteiger partial charge in [-0.25, -0.2) is 0 Å². The minimum absolute atomic E-state index is 0.478. The maximum absolute atomic E-state index is 6.11. The van der Waals surface area contributed by atoms with E-state index in [-0.39, 0.29) is 0 Å². The van der Waals surface area contributed by atoms with Crippen molar-refractivity contribution in [2.24, 2.45) is 5.73 Å². The van der Waals surface area contributed by atoms with Gasteiger partial charge in [0.25, 0.3) is 0 Å². The summed E-state index contributed by atoms with van der Waals surface area (Å²) in [7, 11) is 1.68. The Hall–Kier alpha value is -3.08. The summed E-state index contributed by atoms with van der Waals surface area (Å²) in [5, 5.41) is 4.75. The second-order valence-electron chi connectivity index (χ2n) is 7.18. The number of ether oxygens (including phenoxy) is 3. The van der Waals surface area contributed by atoms with Crippen molar-refractivity contribution in [2.75, 3.05) is 33.5 Å². The van der Waals surface area contributed by atoms with Crippen LogP contribution in [-0.4, -0.2) is 33.5 Å². The number of hydrogen-bond acceptors (Lipinski definition) is 4. The van der Waals surface area contributed by atoms with Crippen molar-refractivity contribution in [1.82, 2.24) is 0 Å². The average molecular weight is 402 g/mol. The van der Waals surface area contributed by atoms with Gasteiger partial charge in [-0.3, -0.25) is 0 Å². The molecule has 0 saturated heterocycles. The summed E-state index contributed by atoms with van der Waals surface area (Å²) in [6, 6.07) is 25.1. The summed E-state index contributed by atoms with van der Waals surface area (Å²) >= 11 is 0. The molecule has 0 bridgehead atoms. The third-order valence-electron chi connectivity index (χ3n) is 5.27. The molecule has 0 atom stereocenters. The summed E-state index contributed by atoms with van der Waals surface area (Å²) in [4.78, 5) is 0. The fraction of sp³-hybridized carbons (Fsp3) is 0.231. The highest BCUT2D eigenvalue weighted by molar-refractivity contribution is 5.91. The Kier molecular flexibility index (Phi) is 6.47. The van der Waals surface area contributed by atoms with E-state index in [1.165, 1.54) is 21.5 Å². The molecule has 0 aromatic heterocycles. The number of hydrogen-bond donors (Lipinski definition) is 1. The van der Waals surface area contributed by atoms with Crippen molar-refractivity contribution in [1.29, 1.82) is 0 Å². The predicted molar refractivity (Wildman–Crippen MR) is 123 cm³/mol. The summed E-state index contributed by atoms with van der Waals surface area (Å²) in [5.74, 6) is 1.75. The van der Waals surface area contributed by atoms with E-state index in [4.69, 9.17) is 19.9 Å². The van der Waals surface area contributed by atoms with Gasteiger partial charge in [-0.1, -0.05) is 60.7 Å². The molecule has 4 aromatic rings. The maximum Gasteiger partial charge on any atom is 0.123 e. The Balaban J connectivity index is 1.85. The SMILES string of the molecule is COCCOc1ccc2ccccc2c1Cc1c(OCCN)ccc2ccccc12. The first kappa shape index (κ1) is 20.2. The molecule has 0 aliphatic rings. The lowest BCUT2D eigenvalue weighted by atomic mass is 9.93. The first-order valence-electron chi connectivity index (χ1n) is 10.3. The van der Waals surface area contributed by atoms with Crippen molar-refractivity contribution >= 4 is 21.5 Å². The third kappa shape index (κ3) is 4.25. The second-order valence-corrected chi connectivity index (χ2v) is 7.18. The Morgan fingerprint density at radius 2 is 1.17 bits per heavy atom. The summed E-state index contributed by atoms with van der Waals surface area (Å²) in [5.41, 5.74) is 8.00. The monoisotopic (exact) mass is 401 g/mol. The molecular weight excluding hydrogens is 374 g/mol. The minimum Gasteiger partial charge on any atom is -0.492 e. The molecule has 4 aromatic carbocycles. The van der Waals surface area contributed by atoms with E-state index in [0.717, 1.165) is 22.6 Å². The van der Waals surface area contributed by atoms with Crippen LogP contribution in [0.2, 0.25) is 0 Å². The van der Waals surface area contributed by atoms with Gasteiger partial charge in [0.05, 0.1) is 6.61 Å². The highest BCUT2D eigenvalue weighted by atomic mass is 16.5. The van der Waals surface area contributed by atoms with Crippen molar-refractivity contribution in [3.63, 3.8) is 0 Å². The summed E-state index contributed by atoms with van der Waals surface area (Å²) in [6.07, 6.45) is 0.699. The van der Waals surface area contributed by atoms with E-state index in [0.29, 0.717) is 32.8 Å². The van der Waals surface area contributed by atoms with Crippen molar-refractivity contribution in [3.8, 4) is 11.5 Å².